The van der Waals surface area contributed by atoms with Gasteiger partial charge in [0.25, 0.3) is 0 Å². The second-order valence-electron chi connectivity index (χ2n) is 6.98. The van der Waals surface area contributed by atoms with Crippen molar-refractivity contribution in [2.45, 2.75) is 96.7 Å². The lowest BCUT2D eigenvalue weighted by Crippen LogP contribution is -2.42. The zero-order chi connectivity index (χ0) is 16.6. The maximum absolute atomic E-state index is 9.93. The molecule has 0 bridgehead atoms. The maximum Gasteiger partial charge on any atom is 0.238 e. The molecule has 1 heterocycles. The monoisotopic (exact) mass is 332 g/mol. The van der Waals surface area contributed by atoms with E-state index in [1.165, 1.54) is 0 Å². The van der Waals surface area contributed by atoms with Crippen molar-refractivity contribution in [1.82, 2.24) is 0 Å². The molecule has 1 fully saturated rings. The van der Waals surface area contributed by atoms with E-state index >= 15 is 0 Å². The highest BCUT2D eigenvalue weighted by Crippen LogP contribution is 2.35. The van der Waals surface area contributed by atoms with E-state index in [1.54, 1.807) is 0 Å². The van der Waals surface area contributed by atoms with Crippen LogP contribution in [0.3, 0.4) is 0 Å². The Morgan fingerprint density at radius 1 is 1.18 bits per heavy atom. The van der Waals surface area contributed by atoms with Crippen LogP contribution < -0.4 is 0 Å². The third-order valence-electron chi connectivity index (χ3n) is 5.29. The number of ether oxygens (including phenoxy) is 1. The molecule has 132 valence electrons. The van der Waals surface area contributed by atoms with Gasteiger partial charge in [0, 0.05) is 5.92 Å². The second kappa shape index (κ2) is 9.38. The summed E-state index contributed by atoms with van der Waals surface area (Å²) in [4.78, 5) is 6.08. The lowest BCUT2D eigenvalue weighted by atomic mass is 9.87. The van der Waals surface area contributed by atoms with Crippen molar-refractivity contribution in [2.75, 3.05) is 6.61 Å². The third kappa shape index (κ3) is 5.60. The van der Waals surface area contributed by atoms with Gasteiger partial charge in [-0.15, -0.1) is 0 Å². The van der Waals surface area contributed by atoms with Crippen LogP contribution in [0.25, 0.3) is 0 Å². The van der Waals surface area contributed by atoms with Crippen LogP contribution in [-0.2, 0) is 14.2 Å². The van der Waals surface area contributed by atoms with Crippen molar-refractivity contribution in [3.8, 4) is 0 Å². The fourth-order valence-electron chi connectivity index (χ4n) is 3.22. The molecule has 1 aliphatic heterocycles. The van der Waals surface area contributed by atoms with Gasteiger partial charge in [0.05, 0.1) is 12.2 Å². The van der Waals surface area contributed by atoms with Crippen LogP contribution in [0.4, 0.5) is 0 Å². The number of rotatable bonds is 11. The molecule has 22 heavy (non-hydrogen) atoms. The molecule has 1 N–H and O–H groups in total. The average Bonchev–Trinajstić information content (AvgIpc) is 2.92. The van der Waals surface area contributed by atoms with E-state index in [-0.39, 0.29) is 11.5 Å². The Bertz CT molecular complexity index is 301. The van der Waals surface area contributed by atoms with Gasteiger partial charge >= 0.3 is 0 Å². The SMILES string of the molecule is CCCC[C@](C)(C[C@H]1CCO[C@@H]1O)OO[Si](CC)(CC)CC. The summed E-state index contributed by atoms with van der Waals surface area (Å²) >= 11 is 0. The molecule has 0 aliphatic carbocycles. The molecule has 0 amide bonds. The summed E-state index contributed by atoms with van der Waals surface area (Å²) in [7, 11) is -1.76. The van der Waals surface area contributed by atoms with E-state index in [4.69, 9.17) is 14.2 Å². The van der Waals surface area contributed by atoms with E-state index < -0.39 is 14.6 Å². The Hall–Kier alpha value is 0.0569. The first-order valence-electron chi connectivity index (χ1n) is 9.10. The van der Waals surface area contributed by atoms with E-state index in [0.717, 1.165) is 50.2 Å². The molecule has 0 aromatic rings. The summed E-state index contributed by atoms with van der Waals surface area (Å²) < 4.78 is 11.4. The quantitative estimate of drug-likeness (QED) is 0.340. The average molecular weight is 333 g/mol. The van der Waals surface area contributed by atoms with E-state index in [1.807, 2.05) is 0 Å². The highest BCUT2D eigenvalue weighted by molar-refractivity contribution is 6.73. The Morgan fingerprint density at radius 2 is 1.82 bits per heavy atom. The molecule has 0 spiro atoms. The molecule has 0 aromatic heterocycles. The minimum Gasteiger partial charge on any atom is -0.368 e. The van der Waals surface area contributed by atoms with Crippen LogP contribution in [0, 0.1) is 5.92 Å². The number of aliphatic hydroxyl groups excluding tert-OH is 1. The van der Waals surface area contributed by atoms with Crippen molar-refractivity contribution < 1.29 is 19.3 Å². The van der Waals surface area contributed by atoms with Crippen LogP contribution in [0.2, 0.25) is 18.1 Å². The first-order valence-corrected chi connectivity index (χ1v) is 11.6. The van der Waals surface area contributed by atoms with Gasteiger partial charge < -0.3 is 9.84 Å². The van der Waals surface area contributed by atoms with Crippen molar-refractivity contribution in [3.63, 3.8) is 0 Å². The molecule has 3 atom stereocenters. The van der Waals surface area contributed by atoms with Crippen LogP contribution in [-0.4, -0.2) is 31.9 Å². The minimum atomic E-state index is -1.76. The highest BCUT2D eigenvalue weighted by atomic mass is 28.4. The van der Waals surface area contributed by atoms with E-state index in [9.17, 15) is 5.11 Å². The smallest absolute Gasteiger partial charge is 0.238 e. The zero-order valence-electron chi connectivity index (χ0n) is 15.2. The van der Waals surface area contributed by atoms with E-state index in [0.29, 0.717) is 6.61 Å². The van der Waals surface area contributed by atoms with Crippen LogP contribution >= 0.6 is 0 Å². The molecular weight excluding hydrogens is 296 g/mol. The van der Waals surface area contributed by atoms with Gasteiger partial charge in [0.2, 0.25) is 8.32 Å². The summed E-state index contributed by atoms with van der Waals surface area (Å²) in [5.74, 6) is 0.159. The van der Waals surface area contributed by atoms with E-state index in [2.05, 4.69) is 34.6 Å². The third-order valence-corrected chi connectivity index (χ3v) is 9.59. The Kier molecular flexibility index (Phi) is 8.57. The molecule has 1 rings (SSSR count). The molecule has 0 saturated carbocycles. The van der Waals surface area contributed by atoms with Gasteiger partial charge in [0.1, 0.15) is 0 Å². The molecule has 5 heteroatoms. The van der Waals surface area contributed by atoms with Gasteiger partial charge in [-0.25, -0.2) is 4.89 Å². The first kappa shape index (κ1) is 20.1. The number of aliphatic hydroxyl groups is 1. The van der Waals surface area contributed by atoms with Crippen LogP contribution in [0.5, 0.6) is 0 Å². The van der Waals surface area contributed by atoms with Gasteiger partial charge in [-0.3, -0.25) is 4.58 Å². The predicted molar refractivity (Wildman–Crippen MR) is 92.0 cm³/mol. The zero-order valence-corrected chi connectivity index (χ0v) is 16.2. The summed E-state index contributed by atoms with van der Waals surface area (Å²) in [6.07, 6.45) is 4.28. The Labute approximate surface area is 137 Å². The van der Waals surface area contributed by atoms with Gasteiger partial charge in [-0.1, -0.05) is 40.5 Å². The Balaban J connectivity index is 2.69. The van der Waals surface area contributed by atoms with Gasteiger partial charge in [-0.05, 0) is 44.3 Å². The summed E-state index contributed by atoms with van der Waals surface area (Å²) in [5.41, 5.74) is -0.326. The molecule has 0 aromatic carbocycles. The summed E-state index contributed by atoms with van der Waals surface area (Å²) in [6.45, 7) is 11.6. The summed E-state index contributed by atoms with van der Waals surface area (Å²) in [6, 6.07) is 3.25. The molecule has 4 nitrogen and oxygen atoms in total. The molecule has 0 radical (unpaired) electrons. The lowest BCUT2D eigenvalue weighted by Gasteiger charge is -2.36. The van der Waals surface area contributed by atoms with Gasteiger partial charge in [0.15, 0.2) is 6.29 Å². The predicted octanol–water partition coefficient (Wildman–Crippen LogP) is 4.63. The second-order valence-corrected chi connectivity index (χ2v) is 11.6. The Morgan fingerprint density at radius 3 is 2.27 bits per heavy atom. The van der Waals surface area contributed by atoms with Crippen molar-refractivity contribution in [1.29, 1.82) is 0 Å². The number of unbranched alkanes of at least 4 members (excludes halogenated alkanes) is 1. The van der Waals surface area contributed by atoms with Gasteiger partial charge in [-0.2, -0.15) is 0 Å². The van der Waals surface area contributed by atoms with Crippen LogP contribution in [0.1, 0.15) is 66.7 Å². The standard InChI is InChI=1S/C17H36O4Si/c1-6-10-12-17(5,14-15-11-13-19-16(15)18)20-21-22(7-2,8-3)9-4/h15-16,18H,6-14H2,1-5H3/t15-,16+,17-/m1/s1. The van der Waals surface area contributed by atoms with Crippen molar-refractivity contribution >= 4 is 8.32 Å². The normalized spacial score (nSPS) is 25.4. The fraction of sp³-hybridized carbons (Fsp3) is 1.00. The topological polar surface area (TPSA) is 47.9 Å². The fourth-order valence-corrected chi connectivity index (χ4v) is 5.45. The first-order chi connectivity index (χ1) is 10.4. The maximum atomic E-state index is 9.93. The molecular formula is C17H36O4Si. The van der Waals surface area contributed by atoms with Crippen molar-refractivity contribution in [3.05, 3.63) is 0 Å². The lowest BCUT2D eigenvalue weighted by molar-refractivity contribution is -0.307. The highest BCUT2D eigenvalue weighted by Gasteiger charge is 2.39. The molecule has 0 unspecified atom stereocenters. The largest absolute Gasteiger partial charge is 0.368 e. The summed E-state index contributed by atoms with van der Waals surface area (Å²) in [5, 5.41) is 9.93. The van der Waals surface area contributed by atoms with Crippen molar-refractivity contribution in [2.24, 2.45) is 5.92 Å². The number of hydrogen-bond acceptors (Lipinski definition) is 4. The minimum absolute atomic E-state index is 0.159. The van der Waals surface area contributed by atoms with Crippen LogP contribution in [0.15, 0.2) is 0 Å². The number of hydrogen-bond donors (Lipinski definition) is 1. The molecule has 1 aliphatic rings. The molecule has 1 saturated heterocycles.